The standard InChI is InChI=1S/C15H24O3/c1-10(2)9-13-11(3)17-15(18-14(13)16)12-7-5-4-6-8-12/h9-12,15H,4-8H2,1-3H3/b13-9-/t11-,15-/m1/s1. The molecule has 0 bridgehead atoms. The van der Waals surface area contributed by atoms with Crippen molar-refractivity contribution in [2.75, 3.05) is 0 Å². The molecule has 0 amide bonds. The van der Waals surface area contributed by atoms with Crippen LogP contribution in [0, 0.1) is 11.8 Å². The highest BCUT2D eigenvalue weighted by Crippen LogP contribution is 2.33. The smallest absolute Gasteiger partial charge is 0.338 e. The van der Waals surface area contributed by atoms with Crippen LogP contribution in [-0.2, 0) is 14.3 Å². The molecule has 0 radical (unpaired) electrons. The van der Waals surface area contributed by atoms with Crippen LogP contribution in [-0.4, -0.2) is 18.4 Å². The molecule has 1 aliphatic carbocycles. The number of carbonyl (C=O) groups is 1. The average molecular weight is 252 g/mol. The topological polar surface area (TPSA) is 35.5 Å². The van der Waals surface area contributed by atoms with Crippen LogP contribution in [0.15, 0.2) is 11.6 Å². The summed E-state index contributed by atoms with van der Waals surface area (Å²) in [7, 11) is 0. The van der Waals surface area contributed by atoms with Gasteiger partial charge in [-0.1, -0.05) is 39.2 Å². The zero-order valence-electron chi connectivity index (χ0n) is 11.6. The third kappa shape index (κ3) is 3.14. The van der Waals surface area contributed by atoms with E-state index >= 15 is 0 Å². The Morgan fingerprint density at radius 2 is 1.89 bits per heavy atom. The average Bonchev–Trinajstić information content (AvgIpc) is 2.34. The lowest BCUT2D eigenvalue weighted by Gasteiger charge is -2.36. The van der Waals surface area contributed by atoms with Gasteiger partial charge in [0.05, 0.1) is 11.7 Å². The molecule has 3 heteroatoms. The van der Waals surface area contributed by atoms with E-state index in [1.807, 2.05) is 13.0 Å². The fraction of sp³-hybridized carbons (Fsp3) is 0.800. The maximum absolute atomic E-state index is 12.0. The lowest BCUT2D eigenvalue weighted by Crippen LogP contribution is -2.41. The molecule has 0 unspecified atom stereocenters. The Labute approximate surface area is 110 Å². The van der Waals surface area contributed by atoms with Crippen LogP contribution in [0.4, 0.5) is 0 Å². The summed E-state index contributed by atoms with van der Waals surface area (Å²) in [6.07, 6.45) is 7.48. The van der Waals surface area contributed by atoms with Gasteiger partial charge in [-0.2, -0.15) is 0 Å². The van der Waals surface area contributed by atoms with Gasteiger partial charge < -0.3 is 9.47 Å². The monoisotopic (exact) mass is 252 g/mol. The molecule has 2 rings (SSSR count). The number of ether oxygens (including phenoxy) is 2. The predicted molar refractivity (Wildman–Crippen MR) is 69.9 cm³/mol. The van der Waals surface area contributed by atoms with E-state index in [9.17, 15) is 4.79 Å². The molecular formula is C15H24O3. The highest BCUT2D eigenvalue weighted by Gasteiger charge is 2.36. The summed E-state index contributed by atoms with van der Waals surface area (Å²) in [5.41, 5.74) is 0.678. The van der Waals surface area contributed by atoms with Gasteiger partial charge in [0.15, 0.2) is 0 Å². The molecule has 2 fully saturated rings. The summed E-state index contributed by atoms with van der Waals surface area (Å²) in [6.45, 7) is 6.06. The molecule has 0 aromatic rings. The maximum atomic E-state index is 12.0. The molecule has 18 heavy (non-hydrogen) atoms. The number of esters is 1. The van der Waals surface area contributed by atoms with Gasteiger partial charge in [-0.05, 0) is 25.7 Å². The summed E-state index contributed by atoms with van der Waals surface area (Å²) < 4.78 is 11.4. The Balaban J connectivity index is 2.02. The minimum atomic E-state index is -0.322. The maximum Gasteiger partial charge on any atom is 0.338 e. The highest BCUT2D eigenvalue weighted by molar-refractivity contribution is 5.90. The van der Waals surface area contributed by atoms with Crippen molar-refractivity contribution in [3.05, 3.63) is 11.6 Å². The summed E-state index contributed by atoms with van der Waals surface area (Å²) in [6, 6.07) is 0. The highest BCUT2D eigenvalue weighted by atomic mass is 16.7. The summed E-state index contributed by atoms with van der Waals surface area (Å²) in [5.74, 6) is 0.550. The third-order valence-corrected chi connectivity index (χ3v) is 3.78. The first-order valence-electron chi connectivity index (χ1n) is 7.16. The van der Waals surface area contributed by atoms with E-state index < -0.39 is 0 Å². The minimum absolute atomic E-state index is 0.138. The number of rotatable bonds is 2. The first-order chi connectivity index (χ1) is 8.58. The van der Waals surface area contributed by atoms with Crippen LogP contribution in [0.1, 0.15) is 52.9 Å². The van der Waals surface area contributed by atoms with Crippen molar-refractivity contribution in [3.63, 3.8) is 0 Å². The molecule has 1 aliphatic heterocycles. The van der Waals surface area contributed by atoms with Crippen LogP contribution < -0.4 is 0 Å². The second kappa shape index (κ2) is 5.87. The molecule has 0 N–H and O–H groups in total. The molecular weight excluding hydrogens is 228 g/mol. The fourth-order valence-corrected chi connectivity index (χ4v) is 2.82. The molecule has 0 spiro atoms. The van der Waals surface area contributed by atoms with Crippen molar-refractivity contribution < 1.29 is 14.3 Å². The van der Waals surface area contributed by atoms with Crippen LogP contribution >= 0.6 is 0 Å². The Bertz CT molecular complexity index is 327. The largest absolute Gasteiger partial charge is 0.432 e. The number of allylic oxidation sites excluding steroid dienone is 1. The van der Waals surface area contributed by atoms with Crippen LogP contribution in [0.3, 0.4) is 0 Å². The van der Waals surface area contributed by atoms with Gasteiger partial charge >= 0.3 is 5.97 Å². The number of hydrogen-bond acceptors (Lipinski definition) is 3. The molecule has 0 aromatic heterocycles. The number of carbonyl (C=O) groups excluding carboxylic acids is 1. The van der Waals surface area contributed by atoms with Crippen LogP contribution in [0.5, 0.6) is 0 Å². The molecule has 3 nitrogen and oxygen atoms in total. The fourth-order valence-electron chi connectivity index (χ4n) is 2.82. The first-order valence-corrected chi connectivity index (χ1v) is 7.16. The van der Waals surface area contributed by atoms with Crippen molar-refractivity contribution in [3.8, 4) is 0 Å². The molecule has 1 saturated heterocycles. The van der Waals surface area contributed by atoms with Crippen molar-refractivity contribution in [2.45, 2.75) is 65.3 Å². The van der Waals surface area contributed by atoms with Crippen molar-refractivity contribution in [1.82, 2.24) is 0 Å². The van der Waals surface area contributed by atoms with E-state index in [1.54, 1.807) is 0 Å². The molecule has 2 aliphatic rings. The second-order valence-corrected chi connectivity index (χ2v) is 5.82. The Hall–Kier alpha value is -0.830. The van der Waals surface area contributed by atoms with Gasteiger partial charge in [0, 0.05) is 5.92 Å². The zero-order chi connectivity index (χ0) is 13.1. The van der Waals surface area contributed by atoms with E-state index in [1.165, 1.54) is 19.3 Å². The summed E-state index contributed by atoms with van der Waals surface area (Å²) in [4.78, 5) is 12.0. The van der Waals surface area contributed by atoms with E-state index in [4.69, 9.17) is 9.47 Å². The summed E-state index contributed by atoms with van der Waals surface area (Å²) in [5, 5.41) is 0. The normalized spacial score (nSPS) is 32.9. The van der Waals surface area contributed by atoms with Gasteiger partial charge in [-0.3, -0.25) is 0 Å². The van der Waals surface area contributed by atoms with Gasteiger partial charge in [-0.15, -0.1) is 0 Å². The van der Waals surface area contributed by atoms with E-state index in [-0.39, 0.29) is 18.4 Å². The van der Waals surface area contributed by atoms with Crippen molar-refractivity contribution in [1.29, 1.82) is 0 Å². The summed E-state index contributed by atoms with van der Waals surface area (Å²) >= 11 is 0. The minimum Gasteiger partial charge on any atom is -0.432 e. The number of hydrogen-bond donors (Lipinski definition) is 0. The third-order valence-electron chi connectivity index (χ3n) is 3.78. The molecule has 2 atom stereocenters. The second-order valence-electron chi connectivity index (χ2n) is 5.82. The quantitative estimate of drug-likeness (QED) is 0.558. The first kappa shape index (κ1) is 13.6. The molecule has 102 valence electrons. The van der Waals surface area contributed by atoms with E-state index in [2.05, 4.69) is 13.8 Å². The predicted octanol–water partition coefficient (Wildman–Crippen LogP) is 3.44. The van der Waals surface area contributed by atoms with E-state index in [0.717, 1.165) is 12.8 Å². The lowest BCUT2D eigenvalue weighted by molar-refractivity contribution is -0.215. The SMILES string of the molecule is CC(C)/C=C1\C(=O)O[C@H](C2CCCCC2)O[C@@H]1C. The van der Waals surface area contributed by atoms with Gasteiger partial charge in [0.1, 0.15) is 0 Å². The Kier molecular flexibility index (Phi) is 4.44. The van der Waals surface area contributed by atoms with Crippen molar-refractivity contribution >= 4 is 5.97 Å². The van der Waals surface area contributed by atoms with Crippen LogP contribution in [0.25, 0.3) is 0 Å². The van der Waals surface area contributed by atoms with Gasteiger partial charge in [0.2, 0.25) is 6.29 Å². The van der Waals surface area contributed by atoms with Gasteiger partial charge in [0.25, 0.3) is 0 Å². The Morgan fingerprint density at radius 3 is 2.44 bits per heavy atom. The van der Waals surface area contributed by atoms with Crippen LogP contribution in [0.2, 0.25) is 0 Å². The van der Waals surface area contributed by atoms with Gasteiger partial charge in [-0.25, -0.2) is 4.79 Å². The molecule has 1 heterocycles. The number of cyclic esters (lactones) is 1. The van der Waals surface area contributed by atoms with Crippen molar-refractivity contribution in [2.24, 2.45) is 11.8 Å². The Morgan fingerprint density at radius 1 is 1.22 bits per heavy atom. The molecule has 0 aromatic carbocycles. The lowest BCUT2D eigenvalue weighted by atomic mass is 9.88. The molecule has 1 saturated carbocycles. The zero-order valence-corrected chi connectivity index (χ0v) is 11.6. The van der Waals surface area contributed by atoms with E-state index in [0.29, 0.717) is 17.4 Å².